The van der Waals surface area contributed by atoms with Crippen molar-refractivity contribution in [1.82, 2.24) is 5.32 Å². The molecule has 0 saturated carbocycles. The molecule has 2 nitrogen and oxygen atoms in total. The summed E-state index contributed by atoms with van der Waals surface area (Å²) in [6.07, 6.45) is 0. The van der Waals surface area contributed by atoms with Crippen molar-refractivity contribution in [2.45, 2.75) is 6.54 Å². The molecule has 1 aromatic rings. The monoisotopic (exact) mass is 263 g/mol. The Balaban J connectivity index is 3.05. The van der Waals surface area contributed by atoms with Gasteiger partial charge in [0, 0.05) is 17.6 Å². The summed E-state index contributed by atoms with van der Waals surface area (Å²) in [7, 11) is 3.50. The maximum absolute atomic E-state index is 6.02. The SMILES string of the molecule is CNCc1cc(Br)c(OC)cc1Cl. The minimum absolute atomic E-state index is 0.717. The standard InChI is InChI=1S/C9H11BrClNO/c1-12-5-6-3-7(10)9(13-2)4-8(6)11/h3-4,12H,5H2,1-2H3. The van der Waals surface area contributed by atoms with Crippen LogP contribution in [0, 0.1) is 0 Å². The molecule has 0 saturated heterocycles. The van der Waals surface area contributed by atoms with Gasteiger partial charge in [0.2, 0.25) is 0 Å². The van der Waals surface area contributed by atoms with Crippen LogP contribution in [0.5, 0.6) is 5.75 Å². The van der Waals surface area contributed by atoms with E-state index < -0.39 is 0 Å². The average molecular weight is 265 g/mol. The van der Waals surface area contributed by atoms with E-state index in [1.54, 1.807) is 13.2 Å². The van der Waals surface area contributed by atoms with E-state index in [9.17, 15) is 0 Å². The van der Waals surface area contributed by atoms with Gasteiger partial charge in [0.1, 0.15) is 5.75 Å². The smallest absolute Gasteiger partial charge is 0.134 e. The van der Waals surface area contributed by atoms with E-state index >= 15 is 0 Å². The molecule has 0 radical (unpaired) electrons. The van der Waals surface area contributed by atoms with E-state index in [1.807, 2.05) is 13.1 Å². The van der Waals surface area contributed by atoms with Crippen LogP contribution in [0.25, 0.3) is 0 Å². The van der Waals surface area contributed by atoms with Gasteiger partial charge in [0.05, 0.1) is 11.6 Å². The number of halogens is 2. The first kappa shape index (κ1) is 10.8. The van der Waals surface area contributed by atoms with Gasteiger partial charge < -0.3 is 10.1 Å². The van der Waals surface area contributed by atoms with E-state index in [4.69, 9.17) is 16.3 Å². The first-order valence-electron chi connectivity index (χ1n) is 3.85. The van der Waals surface area contributed by atoms with Crippen LogP contribution in [-0.4, -0.2) is 14.2 Å². The Morgan fingerprint density at radius 3 is 2.77 bits per heavy atom. The molecule has 1 aromatic carbocycles. The molecule has 0 aliphatic carbocycles. The van der Waals surface area contributed by atoms with Gasteiger partial charge >= 0.3 is 0 Å². The fraction of sp³-hybridized carbons (Fsp3) is 0.333. The lowest BCUT2D eigenvalue weighted by atomic mass is 10.2. The van der Waals surface area contributed by atoms with Crippen LogP contribution in [0.3, 0.4) is 0 Å². The first-order valence-corrected chi connectivity index (χ1v) is 5.02. The van der Waals surface area contributed by atoms with Crippen molar-refractivity contribution < 1.29 is 4.74 Å². The van der Waals surface area contributed by atoms with Gasteiger partial charge in [-0.2, -0.15) is 0 Å². The lowest BCUT2D eigenvalue weighted by molar-refractivity contribution is 0.412. The van der Waals surface area contributed by atoms with E-state index in [2.05, 4.69) is 21.2 Å². The maximum atomic E-state index is 6.02. The van der Waals surface area contributed by atoms with Crippen LogP contribution in [-0.2, 0) is 6.54 Å². The Morgan fingerprint density at radius 1 is 1.54 bits per heavy atom. The second kappa shape index (κ2) is 4.84. The third kappa shape index (κ3) is 2.59. The predicted molar refractivity (Wildman–Crippen MR) is 58.5 cm³/mol. The molecule has 0 fully saturated rings. The molecule has 4 heteroatoms. The molecule has 0 bridgehead atoms. The van der Waals surface area contributed by atoms with Crippen molar-refractivity contribution in [2.75, 3.05) is 14.2 Å². The summed E-state index contributed by atoms with van der Waals surface area (Å²) in [4.78, 5) is 0. The van der Waals surface area contributed by atoms with Gasteiger partial charge in [-0.25, -0.2) is 0 Å². The van der Waals surface area contributed by atoms with Crippen LogP contribution in [0.4, 0.5) is 0 Å². The van der Waals surface area contributed by atoms with Crippen molar-refractivity contribution in [3.63, 3.8) is 0 Å². The van der Waals surface area contributed by atoms with Gasteiger partial charge in [-0.05, 0) is 34.6 Å². The first-order chi connectivity index (χ1) is 6.19. The Morgan fingerprint density at radius 2 is 2.23 bits per heavy atom. The Kier molecular flexibility index (Phi) is 4.03. The quantitative estimate of drug-likeness (QED) is 0.906. The highest BCUT2D eigenvalue weighted by atomic mass is 79.9. The second-order valence-corrected chi connectivity index (χ2v) is 3.87. The summed E-state index contributed by atoms with van der Waals surface area (Å²) < 4.78 is 6.03. The molecule has 0 aliphatic rings. The van der Waals surface area contributed by atoms with Gasteiger partial charge in [-0.3, -0.25) is 0 Å². The molecule has 0 unspecified atom stereocenters. The molecule has 0 aromatic heterocycles. The van der Waals surface area contributed by atoms with Gasteiger partial charge in [-0.1, -0.05) is 11.6 Å². The maximum Gasteiger partial charge on any atom is 0.134 e. The highest BCUT2D eigenvalue weighted by Crippen LogP contribution is 2.31. The molecule has 0 amide bonds. The van der Waals surface area contributed by atoms with Crippen molar-refractivity contribution in [3.05, 3.63) is 27.2 Å². The number of benzene rings is 1. The molecule has 0 spiro atoms. The van der Waals surface area contributed by atoms with Gasteiger partial charge in [0.25, 0.3) is 0 Å². The third-order valence-electron chi connectivity index (χ3n) is 1.69. The summed E-state index contributed by atoms with van der Waals surface area (Å²) >= 11 is 9.42. The number of hydrogen-bond donors (Lipinski definition) is 1. The van der Waals surface area contributed by atoms with Crippen LogP contribution < -0.4 is 10.1 Å². The molecule has 1 rings (SSSR count). The van der Waals surface area contributed by atoms with Crippen LogP contribution in [0.2, 0.25) is 5.02 Å². The normalized spacial score (nSPS) is 10.2. The summed E-state index contributed by atoms with van der Waals surface area (Å²) in [5.74, 6) is 0.754. The number of methoxy groups -OCH3 is 1. The molecule has 1 N–H and O–H groups in total. The minimum atomic E-state index is 0.717. The van der Waals surface area contributed by atoms with Crippen LogP contribution >= 0.6 is 27.5 Å². The average Bonchev–Trinajstić information content (AvgIpc) is 2.11. The predicted octanol–water partition coefficient (Wildman–Crippen LogP) is 2.83. The minimum Gasteiger partial charge on any atom is -0.496 e. The fourth-order valence-corrected chi connectivity index (χ4v) is 1.83. The zero-order chi connectivity index (χ0) is 9.84. The van der Waals surface area contributed by atoms with E-state index in [0.29, 0.717) is 0 Å². The molecule has 0 aliphatic heterocycles. The lowest BCUT2D eigenvalue weighted by Gasteiger charge is -2.08. The van der Waals surface area contributed by atoms with E-state index in [-0.39, 0.29) is 0 Å². The van der Waals surface area contributed by atoms with Crippen molar-refractivity contribution in [3.8, 4) is 5.75 Å². The molecular formula is C9H11BrClNO. The Bertz CT molecular complexity index is 304. The Labute approximate surface area is 91.4 Å². The summed E-state index contributed by atoms with van der Waals surface area (Å²) in [5.41, 5.74) is 1.05. The number of ether oxygens (including phenoxy) is 1. The molecule has 13 heavy (non-hydrogen) atoms. The number of nitrogens with one attached hydrogen (secondary N) is 1. The van der Waals surface area contributed by atoms with Gasteiger partial charge in [-0.15, -0.1) is 0 Å². The van der Waals surface area contributed by atoms with Crippen molar-refractivity contribution >= 4 is 27.5 Å². The number of rotatable bonds is 3. The highest BCUT2D eigenvalue weighted by Gasteiger charge is 2.05. The zero-order valence-electron chi connectivity index (χ0n) is 7.53. The zero-order valence-corrected chi connectivity index (χ0v) is 9.87. The van der Waals surface area contributed by atoms with Gasteiger partial charge in [0.15, 0.2) is 0 Å². The van der Waals surface area contributed by atoms with Crippen LogP contribution in [0.1, 0.15) is 5.56 Å². The lowest BCUT2D eigenvalue weighted by Crippen LogP contribution is -2.05. The van der Waals surface area contributed by atoms with E-state index in [1.165, 1.54) is 0 Å². The molecule has 0 atom stereocenters. The van der Waals surface area contributed by atoms with Crippen LogP contribution in [0.15, 0.2) is 16.6 Å². The fourth-order valence-electron chi connectivity index (χ4n) is 1.05. The second-order valence-electron chi connectivity index (χ2n) is 2.61. The highest BCUT2D eigenvalue weighted by molar-refractivity contribution is 9.10. The third-order valence-corrected chi connectivity index (χ3v) is 2.66. The largest absolute Gasteiger partial charge is 0.496 e. The topological polar surface area (TPSA) is 21.3 Å². The molecule has 72 valence electrons. The summed E-state index contributed by atoms with van der Waals surface area (Å²) in [5, 5.41) is 3.76. The Hall–Kier alpha value is -0.250. The summed E-state index contributed by atoms with van der Waals surface area (Å²) in [6.45, 7) is 0.751. The molecular weight excluding hydrogens is 253 g/mol. The summed E-state index contributed by atoms with van der Waals surface area (Å²) in [6, 6.07) is 3.76. The van der Waals surface area contributed by atoms with Crippen molar-refractivity contribution in [1.29, 1.82) is 0 Å². The molecule has 0 heterocycles. The number of hydrogen-bond acceptors (Lipinski definition) is 2. The van der Waals surface area contributed by atoms with Crippen molar-refractivity contribution in [2.24, 2.45) is 0 Å². The van der Waals surface area contributed by atoms with E-state index in [0.717, 1.165) is 27.4 Å².